The third-order valence-electron chi connectivity index (χ3n) is 5.16. The van der Waals surface area contributed by atoms with Crippen molar-refractivity contribution in [1.29, 1.82) is 0 Å². The predicted molar refractivity (Wildman–Crippen MR) is 114 cm³/mol. The van der Waals surface area contributed by atoms with E-state index >= 15 is 0 Å². The molecule has 30 heavy (non-hydrogen) atoms. The molecular weight excluding hydrogens is 404 g/mol. The first-order chi connectivity index (χ1) is 14.6. The van der Waals surface area contributed by atoms with Gasteiger partial charge in [0.1, 0.15) is 29.0 Å². The fraction of sp³-hybridized carbons (Fsp3) is 0.348. The van der Waals surface area contributed by atoms with Crippen molar-refractivity contribution in [2.75, 3.05) is 26.2 Å². The van der Waals surface area contributed by atoms with Crippen LogP contribution in [0.25, 0.3) is 0 Å². The van der Waals surface area contributed by atoms with E-state index in [0.29, 0.717) is 12.4 Å². The lowest BCUT2D eigenvalue weighted by molar-refractivity contribution is 0.245. The van der Waals surface area contributed by atoms with Crippen molar-refractivity contribution in [3.8, 4) is 5.75 Å². The van der Waals surface area contributed by atoms with Crippen molar-refractivity contribution in [3.05, 3.63) is 81.8 Å². The number of rotatable bonds is 7. The first-order valence-electron chi connectivity index (χ1n) is 10.1. The molecule has 0 amide bonds. The number of benzene rings is 2. The van der Waals surface area contributed by atoms with E-state index in [0.717, 1.165) is 62.0 Å². The Morgan fingerprint density at radius 2 is 1.47 bits per heavy atom. The molecule has 1 fully saturated rings. The van der Waals surface area contributed by atoms with Crippen LogP contribution in [0.15, 0.2) is 53.9 Å². The summed E-state index contributed by atoms with van der Waals surface area (Å²) in [6, 6.07) is 12.8. The Kier molecular flexibility index (Phi) is 7.04. The van der Waals surface area contributed by atoms with E-state index in [9.17, 15) is 8.78 Å². The van der Waals surface area contributed by atoms with Gasteiger partial charge in [-0.1, -0.05) is 12.1 Å². The Hall–Kier alpha value is -2.35. The fourth-order valence-electron chi connectivity index (χ4n) is 3.58. The molecule has 7 heteroatoms. The van der Waals surface area contributed by atoms with Crippen LogP contribution >= 0.6 is 11.3 Å². The third-order valence-corrected chi connectivity index (χ3v) is 6.03. The number of nitrogens with zero attached hydrogens (tertiary/aromatic N) is 3. The highest BCUT2D eigenvalue weighted by Gasteiger charge is 2.16. The molecule has 0 aliphatic carbocycles. The van der Waals surface area contributed by atoms with Crippen molar-refractivity contribution in [3.63, 3.8) is 0 Å². The highest BCUT2D eigenvalue weighted by Crippen LogP contribution is 2.18. The minimum absolute atomic E-state index is 0.188. The van der Waals surface area contributed by atoms with Crippen LogP contribution in [0, 0.1) is 11.6 Å². The number of hydrogen-bond donors (Lipinski definition) is 0. The van der Waals surface area contributed by atoms with Crippen LogP contribution in [-0.4, -0.2) is 41.0 Å². The van der Waals surface area contributed by atoms with Crippen molar-refractivity contribution >= 4 is 11.3 Å². The monoisotopic (exact) mass is 429 g/mol. The molecule has 158 valence electrons. The SMILES string of the molecule is Fc1ccc(CN2CCCN(Cc3csc(COc4ccc(F)cc4)n3)CC2)cc1. The lowest BCUT2D eigenvalue weighted by Crippen LogP contribution is -2.30. The molecule has 0 unspecified atom stereocenters. The molecule has 0 saturated carbocycles. The first-order valence-corrected chi connectivity index (χ1v) is 11.0. The number of thiazole rings is 1. The van der Waals surface area contributed by atoms with Crippen molar-refractivity contribution in [1.82, 2.24) is 14.8 Å². The van der Waals surface area contributed by atoms with Crippen LogP contribution in [0.1, 0.15) is 22.7 Å². The summed E-state index contributed by atoms with van der Waals surface area (Å²) in [6.45, 7) is 6.14. The van der Waals surface area contributed by atoms with Crippen molar-refractivity contribution < 1.29 is 13.5 Å². The molecule has 1 aliphatic heterocycles. The Labute approximate surface area is 179 Å². The predicted octanol–water partition coefficient (Wildman–Crippen LogP) is 4.71. The Balaban J connectivity index is 1.24. The summed E-state index contributed by atoms with van der Waals surface area (Å²) in [5.74, 6) is 0.181. The second-order valence-corrected chi connectivity index (χ2v) is 8.45. The zero-order valence-corrected chi connectivity index (χ0v) is 17.6. The van der Waals surface area contributed by atoms with Gasteiger partial charge < -0.3 is 4.74 Å². The molecule has 1 aromatic heterocycles. The average Bonchev–Trinajstić information content (AvgIpc) is 3.08. The number of aromatic nitrogens is 1. The average molecular weight is 430 g/mol. The molecule has 4 nitrogen and oxygen atoms in total. The van der Waals surface area contributed by atoms with Gasteiger partial charge in [0.25, 0.3) is 0 Å². The standard InChI is InChI=1S/C23H25F2N3OS/c24-19-4-2-18(3-5-19)14-27-10-1-11-28(13-12-27)15-21-17-30-23(26-21)16-29-22-8-6-20(25)7-9-22/h2-9,17H,1,10-16H2. The second-order valence-electron chi connectivity index (χ2n) is 7.51. The van der Waals surface area contributed by atoms with Gasteiger partial charge in [-0.25, -0.2) is 13.8 Å². The van der Waals surface area contributed by atoms with E-state index in [2.05, 4.69) is 15.2 Å². The van der Waals surface area contributed by atoms with Gasteiger partial charge in [0.15, 0.2) is 0 Å². The van der Waals surface area contributed by atoms with E-state index in [1.54, 1.807) is 23.5 Å². The van der Waals surface area contributed by atoms with E-state index in [4.69, 9.17) is 9.72 Å². The summed E-state index contributed by atoms with van der Waals surface area (Å²) in [5, 5.41) is 3.01. The Morgan fingerprint density at radius 3 is 2.17 bits per heavy atom. The highest BCUT2D eigenvalue weighted by atomic mass is 32.1. The van der Waals surface area contributed by atoms with E-state index in [1.165, 1.54) is 24.3 Å². The quantitative estimate of drug-likeness (QED) is 0.544. The van der Waals surface area contributed by atoms with Crippen molar-refractivity contribution in [2.45, 2.75) is 26.1 Å². The summed E-state index contributed by atoms with van der Waals surface area (Å²) in [7, 11) is 0. The van der Waals surface area contributed by atoms with Gasteiger partial charge in [-0.15, -0.1) is 11.3 Å². The van der Waals surface area contributed by atoms with Gasteiger partial charge in [-0.3, -0.25) is 9.80 Å². The van der Waals surface area contributed by atoms with Gasteiger partial charge >= 0.3 is 0 Å². The lowest BCUT2D eigenvalue weighted by Gasteiger charge is -2.21. The maximum absolute atomic E-state index is 13.1. The van der Waals surface area contributed by atoms with Crippen LogP contribution in [0.3, 0.4) is 0 Å². The topological polar surface area (TPSA) is 28.6 Å². The van der Waals surface area contributed by atoms with Gasteiger partial charge in [0.2, 0.25) is 0 Å². The molecular formula is C23H25F2N3OS. The molecule has 1 aliphatic rings. The summed E-state index contributed by atoms with van der Waals surface area (Å²) in [5.41, 5.74) is 2.21. The zero-order valence-electron chi connectivity index (χ0n) is 16.8. The molecule has 2 heterocycles. The third kappa shape index (κ3) is 6.08. The largest absolute Gasteiger partial charge is 0.486 e. The Bertz CT molecular complexity index is 930. The molecule has 0 radical (unpaired) electrons. The van der Waals surface area contributed by atoms with Crippen LogP contribution in [0.5, 0.6) is 5.75 Å². The molecule has 0 bridgehead atoms. The van der Waals surface area contributed by atoms with E-state index in [1.807, 2.05) is 12.1 Å². The molecule has 2 aromatic carbocycles. The molecule has 1 saturated heterocycles. The van der Waals surface area contributed by atoms with Crippen LogP contribution in [0.4, 0.5) is 8.78 Å². The van der Waals surface area contributed by atoms with Gasteiger partial charge in [-0.2, -0.15) is 0 Å². The fourth-order valence-corrected chi connectivity index (χ4v) is 4.28. The molecule has 0 N–H and O–H groups in total. The van der Waals surface area contributed by atoms with Gasteiger partial charge in [-0.05, 0) is 61.5 Å². The number of hydrogen-bond acceptors (Lipinski definition) is 5. The minimum Gasteiger partial charge on any atom is -0.486 e. The number of halogens is 2. The maximum atomic E-state index is 13.1. The van der Waals surface area contributed by atoms with Crippen LogP contribution < -0.4 is 4.74 Å². The summed E-state index contributed by atoms with van der Waals surface area (Å²) < 4.78 is 31.7. The molecule has 3 aromatic rings. The smallest absolute Gasteiger partial charge is 0.140 e. The first kappa shape index (κ1) is 20.9. The summed E-state index contributed by atoms with van der Waals surface area (Å²) in [6.07, 6.45) is 1.10. The van der Waals surface area contributed by atoms with E-state index < -0.39 is 0 Å². The Morgan fingerprint density at radius 1 is 0.833 bits per heavy atom. The highest BCUT2D eigenvalue weighted by molar-refractivity contribution is 7.09. The van der Waals surface area contributed by atoms with Crippen LogP contribution in [0.2, 0.25) is 0 Å². The maximum Gasteiger partial charge on any atom is 0.140 e. The summed E-state index contributed by atoms with van der Waals surface area (Å²) >= 11 is 1.59. The lowest BCUT2D eigenvalue weighted by atomic mass is 10.2. The molecule has 0 spiro atoms. The van der Waals surface area contributed by atoms with E-state index in [-0.39, 0.29) is 11.6 Å². The van der Waals surface area contributed by atoms with Gasteiger partial charge in [0, 0.05) is 31.6 Å². The summed E-state index contributed by atoms with van der Waals surface area (Å²) in [4.78, 5) is 9.55. The second kappa shape index (κ2) is 10.1. The van der Waals surface area contributed by atoms with Crippen molar-refractivity contribution in [2.24, 2.45) is 0 Å². The zero-order chi connectivity index (χ0) is 20.8. The van der Waals surface area contributed by atoms with Gasteiger partial charge in [0.05, 0.1) is 5.69 Å². The molecule has 4 rings (SSSR count). The minimum atomic E-state index is -0.271. The number of ether oxygens (including phenoxy) is 1. The molecule has 0 atom stereocenters. The van der Waals surface area contributed by atoms with Crippen LogP contribution in [-0.2, 0) is 19.7 Å². The normalized spacial score (nSPS) is 15.8.